The van der Waals surface area contributed by atoms with E-state index in [1.165, 1.54) is 23.6 Å². The second-order valence-electron chi connectivity index (χ2n) is 9.94. The number of imidazole rings is 1. The largest absolute Gasteiger partial charge is 0.473 e. The van der Waals surface area contributed by atoms with Gasteiger partial charge in [-0.1, -0.05) is 0 Å². The Labute approximate surface area is 215 Å². The van der Waals surface area contributed by atoms with E-state index in [-0.39, 0.29) is 28.8 Å². The third kappa shape index (κ3) is 4.15. The van der Waals surface area contributed by atoms with Crippen LogP contribution in [0.4, 0.5) is 13.2 Å². The van der Waals surface area contributed by atoms with Crippen molar-refractivity contribution in [1.82, 2.24) is 19.7 Å². The Bertz CT molecular complexity index is 1390. The van der Waals surface area contributed by atoms with Gasteiger partial charge in [-0.3, -0.25) is 14.0 Å². The molecule has 1 spiro atoms. The highest BCUT2D eigenvalue weighted by molar-refractivity contribution is 9.10. The summed E-state index contributed by atoms with van der Waals surface area (Å²) in [4.78, 5) is 33.1. The molecule has 6 rings (SSSR count). The van der Waals surface area contributed by atoms with Crippen LogP contribution in [-0.2, 0) is 6.18 Å². The van der Waals surface area contributed by atoms with Crippen molar-refractivity contribution >= 4 is 44.6 Å². The molecule has 190 valence electrons. The number of carbonyl (C=O) groups excluding carboxylic acids is 2. The molecule has 36 heavy (non-hydrogen) atoms. The highest BCUT2D eigenvalue weighted by Crippen LogP contribution is 2.57. The first kappa shape index (κ1) is 23.7. The molecule has 0 atom stereocenters. The number of hydrogen-bond acceptors (Lipinski definition) is 6. The first-order chi connectivity index (χ1) is 17.0. The molecule has 8 nitrogen and oxygen atoms in total. The number of alkyl halides is 3. The van der Waals surface area contributed by atoms with E-state index in [0.29, 0.717) is 34.0 Å². The molecule has 3 aliphatic carbocycles. The zero-order valence-electron chi connectivity index (χ0n) is 18.8. The molecule has 0 aliphatic heterocycles. The molecular weight excluding hydrogens is 563 g/mol. The van der Waals surface area contributed by atoms with E-state index in [1.807, 2.05) is 0 Å². The minimum atomic E-state index is -4.70. The van der Waals surface area contributed by atoms with Crippen LogP contribution in [0.25, 0.3) is 5.52 Å². The smallest absolute Gasteiger partial charge is 0.450 e. The Morgan fingerprint density at radius 3 is 2.56 bits per heavy atom. The first-order valence-corrected chi connectivity index (χ1v) is 13.2. The van der Waals surface area contributed by atoms with Crippen molar-refractivity contribution in [2.24, 2.45) is 11.1 Å². The average Bonchev–Trinajstić information content (AvgIpc) is 3.38. The van der Waals surface area contributed by atoms with Crippen LogP contribution >= 0.6 is 27.3 Å². The molecule has 3 aliphatic rings. The minimum absolute atomic E-state index is 0.0170. The number of hydrogen-bond donors (Lipinski definition) is 2. The van der Waals surface area contributed by atoms with Crippen LogP contribution in [0, 0.1) is 5.41 Å². The molecule has 3 fully saturated rings. The van der Waals surface area contributed by atoms with Gasteiger partial charge < -0.3 is 15.8 Å². The maximum Gasteiger partial charge on any atom is 0.450 e. The molecule has 0 bridgehead atoms. The molecule has 3 saturated carbocycles. The van der Waals surface area contributed by atoms with Gasteiger partial charge in [-0.05, 0) is 72.0 Å². The van der Waals surface area contributed by atoms with Crippen molar-refractivity contribution in [3.05, 3.63) is 44.2 Å². The van der Waals surface area contributed by atoms with Crippen LogP contribution in [0.3, 0.4) is 0 Å². The fraction of sp³-hybridized carbons (Fsp3) is 0.478. The number of amides is 2. The van der Waals surface area contributed by atoms with E-state index in [0.717, 1.165) is 35.1 Å². The van der Waals surface area contributed by atoms with Crippen molar-refractivity contribution in [3.8, 4) is 5.88 Å². The predicted molar refractivity (Wildman–Crippen MR) is 127 cm³/mol. The standard InChI is InChI=1S/C23H21BrF3N5O3S/c24-11-3-4-14-15(30-21(23(25,26)27)32(14)9-11)18(34)29-12-5-22(6-12)7-13(8-22)35-19-16(17(28)33)36-20(31-19)10-1-2-10/h3-4,9-10,12-13H,1-2,5-8H2,(H2,28,33)(H,29,34). The van der Waals surface area contributed by atoms with Gasteiger partial charge in [0.15, 0.2) is 10.6 Å². The Hall–Kier alpha value is -2.67. The molecule has 0 radical (unpaired) electrons. The zero-order valence-corrected chi connectivity index (χ0v) is 21.2. The fourth-order valence-corrected chi connectivity index (χ4v) is 6.67. The van der Waals surface area contributed by atoms with Crippen LogP contribution in [-0.4, -0.2) is 38.3 Å². The minimum Gasteiger partial charge on any atom is -0.473 e. The summed E-state index contributed by atoms with van der Waals surface area (Å²) in [5.74, 6) is -1.59. The number of fused-ring (bicyclic) bond motifs is 1. The van der Waals surface area contributed by atoms with Crippen LogP contribution in [0.1, 0.15) is 75.4 Å². The zero-order chi connectivity index (χ0) is 25.4. The third-order valence-corrected chi connectivity index (χ3v) is 8.81. The second-order valence-corrected chi connectivity index (χ2v) is 11.9. The summed E-state index contributed by atoms with van der Waals surface area (Å²) in [6.45, 7) is 0. The van der Waals surface area contributed by atoms with Crippen molar-refractivity contribution in [2.75, 3.05) is 0 Å². The number of pyridine rings is 1. The summed E-state index contributed by atoms with van der Waals surface area (Å²) in [5.41, 5.74) is 5.35. The van der Waals surface area contributed by atoms with E-state index >= 15 is 0 Å². The van der Waals surface area contributed by atoms with Gasteiger partial charge >= 0.3 is 6.18 Å². The lowest BCUT2D eigenvalue weighted by Crippen LogP contribution is -2.58. The lowest BCUT2D eigenvalue weighted by atomic mass is 9.53. The number of thiazole rings is 1. The number of ether oxygens (including phenoxy) is 1. The SMILES string of the molecule is NC(=O)c1sc(C2CC2)nc1OC1CC2(CC(NC(=O)c3nc(C(F)(F)F)n4cc(Br)ccc34)C2)C1. The Balaban J connectivity index is 1.07. The maximum atomic E-state index is 13.5. The van der Waals surface area contributed by atoms with Crippen LogP contribution in [0.2, 0.25) is 0 Å². The summed E-state index contributed by atoms with van der Waals surface area (Å²) >= 11 is 4.47. The lowest BCUT2D eigenvalue weighted by molar-refractivity contribution is -0.145. The molecule has 0 saturated heterocycles. The Morgan fingerprint density at radius 2 is 1.92 bits per heavy atom. The summed E-state index contributed by atoms with van der Waals surface area (Å²) in [6.07, 6.45) is 1.51. The van der Waals surface area contributed by atoms with E-state index < -0.39 is 23.8 Å². The quantitative estimate of drug-likeness (QED) is 0.438. The van der Waals surface area contributed by atoms with Gasteiger partial charge in [-0.25, -0.2) is 9.97 Å². The molecule has 3 aromatic heterocycles. The summed E-state index contributed by atoms with van der Waals surface area (Å²) in [5, 5.41) is 3.73. The Morgan fingerprint density at radius 1 is 1.19 bits per heavy atom. The molecule has 0 unspecified atom stereocenters. The number of nitrogens with one attached hydrogen (secondary N) is 1. The number of carbonyl (C=O) groups is 2. The average molecular weight is 584 g/mol. The highest BCUT2D eigenvalue weighted by atomic mass is 79.9. The van der Waals surface area contributed by atoms with Crippen LogP contribution < -0.4 is 15.8 Å². The van der Waals surface area contributed by atoms with Gasteiger partial charge in [-0.2, -0.15) is 13.2 Å². The number of aromatic nitrogens is 3. The summed E-state index contributed by atoms with van der Waals surface area (Å²) in [6, 6.07) is 2.85. The van der Waals surface area contributed by atoms with E-state index in [9.17, 15) is 22.8 Å². The highest BCUT2D eigenvalue weighted by Gasteiger charge is 2.54. The fourth-order valence-electron chi connectivity index (χ4n) is 5.31. The van der Waals surface area contributed by atoms with Crippen molar-refractivity contribution in [3.63, 3.8) is 0 Å². The monoisotopic (exact) mass is 583 g/mol. The Kier molecular flexibility index (Phi) is 5.38. The van der Waals surface area contributed by atoms with E-state index in [2.05, 4.69) is 31.2 Å². The van der Waals surface area contributed by atoms with Crippen LogP contribution in [0.15, 0.2) is 22.8 Å². The predicted octanol–water partition coefficient (Wildman–Crippen LogP) is 4.67. The molecule has 2 amide bonds. The lowest BCUT2D eigenvalue weighted by Gasteiger charge is -2.57. The number of nitrogens with two attached hydrogens (primary N) is 1. The molecule has 0 aromatic carbocycles. The summed E-state index contributed by atoms with van der Waals surface area (Å²) in [7, 11) is 0. The number of primary amides is 1. The number of nitrogens with zero attached hydrogens (tertiary/aromatic N) is 3. The van der Waals surface area contributed by atoms with E-state index in [1.54, 1.807) is 6.07 Å². The molecule has 3 aromatic rings. The van der Waals surface area contributed by atoms with Gasteiger partial charge in [-0.15, -0.1) is 11.3 Å². The van der Waals surface area contributed by atoms with Gasteiger partial charge in [0, 0.05) is 22.6 Å². The maximum absolute atomic E-state index is 13.5. The topological polar surface area (TPSA) is 112 Å². The van der Waals surface area contributed by atoms with Crippen molar-refractivity contribution < 1.29 is 27.5 Å². The summed E-state index contributed by atoms with van der Waals surface area (Å²) < 4.78 is 47.7. The number of rotatable bonds is 6. The number of halogens is 4. The first-order valence-electron chi connectivity index (χ1n) is 11.5. The van der Waals surface area contributed by atoms with Crippen LogP contribution in [0.5, 0.6) is 5.88 Å². The molecule has 3 N–H and O–H groups in total. The molecule has 3 heterocycles. The van der Waals surface area contributed by atoms with Crippen molar-refractivity contribution in [2.45, 2.75) is 62.8 Å². The van der Waals surface area contributed by atoms with Gasteiger partial charge in [0.05, 0.1) is 5.52 Å². The second kappa shape index (κ2) is 8.17. The van der Waals surface area contributed by atoms with E-state index in [4.69, 9.17) is 10.5 Å². The van der Waals surface area contributed by atoms with Gasteiger partial charge in [0.25, 0.3) is 11.8 Å². The van der Waals surface area contributed by atoms with Gasteiger partial charge in [0.2, 0.25) is 11.7 Å². The van der Waals surface area contributed by atoms with Crippen molar-refractivity contribution in [1.29, 1.82) is 0 Å². The molecule has 13 heteroatoms. The third-order valence-electron chi connectivity index (χ3n) is 7.13. The normalized spacial score (nSPS) is 25.4. The molecular formula is C23H21BrF3N5O3S. The van der Waals surface area contributed by atoms with Gasteiger partial charge in [0.1, 0.15) is 11.1 Å².